The summed E-state index contributed by atoms with van der Waals surface area (Å²) in [5.74, 6) is 0.643. The highest BCUT2D eigenvalue weighted by Crippen LogP contribution is 2.27. The molecule has 1 fully saturated rings. The van der Waals surface area contributed by atoms with Crippen LogP contribution in [0.4, 0.5) is 0 Å². The number of halogens is 1. The zero-order valence-corrected chi connectivity index (χ0v) is 13.7. The Bertz CT molecular complexity index is 531. The fourth-order valence-electron chi connectivity index (χ4n) is 2.12. The molecule has 1 heterocycles. The zero-order valence-electron chi connectivity index (χ0n) is 11.3. The summed E-state index contributed by atoms with van der Waals surface area (Å²) in [7, 11) is 0. The van der Waals surface area contributed by atoms with Crippen molar-refractivity contribution in [1.29, 1.82) is 0 Å². The maximum atomic E-state index is 12.0. The van der Waals surface area contributed by atoms with Gasteiger partial charge in [0.15, 0.2) is 6.61 Å². The molecule has 0 atom stereocenters. The Hall–Kier alpha value is -1.21. The second kappa shape index (κ2) is 7.17. The Morgan fingerprint density at radius 2 is 2.10 bits per heavy atom. The van der Waals surface area contributed by atoms with Gasteiger partial charge in [-0.2, -0.15) is 11.8 Å². The van der Waals surface area contributed by atoms with Gasteiger partial charge in [-0.25, -0.2) is 4.79 Å². The predicted octanol–water partition coefficient (Wildman–Crippen LogP) is 2.29. The molecule has 0 spiro atoms. The van der Waals surface area contributed by atoms with Gasteiger partial charge in [0.2, 0.25) is 0 Å². The topological polar surface area (TPSA) is 75.6 Å². The first kappa shape index (κ1) is 16.2. The van der Waals surface area contributed by atoms with Gasteiger partial charge in [-0.05, 0) is 42.5 Å². The summed E-state index contributed by atoms with van der Waals surface area (Å²) in [6, 6.07) is 7.14. The lowest BCUT2D eigenvalue weighted by Gasteiger charge is -2.33. The van der Waals surface area contributed by atoms with Crippen molar-refractivity contribution in [2.24, 2.45) is 0 Å². The highest BCUT2D eigenvalue weighted by Gasteiger charge is 2.41. The third kappa shape index (κ3) is 4.38. The maximum absolute atomic E-state index is 12.0. The van der Waals surface area contributed by atoms with Gasteiger partial charge in [-0.15, -0.1) is 0 Å². The number of amides is 1. The fourth-order valence-corrected chi connectivity index (χ4v) is 3.69. The van der Waals surface area contributed by atoms with Gasteiger partial charge in [-0.1, -0.05) is 22.0 Å². The molecule has 0 aromatic heterocycles. The molecule has 2 rings (SSSR count). The summed E-state index contributed by atoms with van der Waals surface area (Å²) in [4.78, 5) is 23.4. The quantitative estimate of drug-likeness (QED) is 0.827. The van der Waals surface area contributed by atoms with E-state index in [1.165, 1.54) is 0 Å². The van der Waals surface area contributed by atoms with Crippen molar-refractivity contribution in [2.45, 2.75) is 18.4 Å². The summed E-state index contributed by atoms with van der Waals surface area (Å²) in [5.41, 5.74) is -1.15. The second-order valence-electron chi connectivity index (χ2n) is 4.79. The Kier molecular flexibility index (Phi) is 5.52. The van der Waals surface area contributed by atoms with Crippen molar-refractivity contribution in [3.05, 3.63) is 28.7 Å². The molecule has 7 heteroatoms. The van der Waals surface area contributed by atoms with Crippen molar-refractivity contribution in [3.8, 4) is 5.75 Å². The van der Waals surface area contributed by atoms with Crippen LogP contribution < -0.4 is 10.1 Å². The fraction of sp³-hybridized carbons (Fsp3) is 0.429. The van der Waals surface area contributed by atoms with Crippen LogP contribution in [0, 0.1) is 0 Å². The lowest BCUT2D eigenvalue weighted by Crippen LogP contribution is -2.57. The molecule has 0 radical (unpaired) electrons. The molecule has 21 heavy (non-hydrogen) atoms. The average Bonchev–Trinajstić information content (AvgIpc) is 2.46. The van der Waals surface area contributed by atoms with Crippen molar-refractivity contribution < 1.29 is 19.4 Å². The van der Waals surface area contributed by atoms with Crippen molar-refractivity contribution in [1.82, 2.24) is 5.32 Å². The second-order valence-corrected chi connectivity index (χ2v) is 6.93. The van der Waals surface area contributed by atoms with Gasteiger partial charge in [0.05, 0.1) is 0 Å². The largest absolute Gasteiger partial charge is 0.484 e. The van der Waals surface area contributed by atoms with E-state index in [1.807, 2.05) is 6.07 Å². The van der Waals surface area contributed by atoms with Crippen LogP contribution >= 0.6 is 27.7 Å². The predicted molar refractivity (Wildman–Crippen MR) is 84.7 cm³/mol. The first-order chi connectivity index (χ1) is 10.0. The molecular weight excluding hydrogens is 358 g/mol. The van der Waals surface area contributed by atoms with Crippen LogP contribution in [0.25, 0.3) is 0 Å². The summed E-state index contributed by atoms with van der Waals surface area (Å²) in [6.45, 7) is -0.196. The van der Waals surface area contributed by atoms with E-state index >= 15 is 0 Å². The average molecular weight is 374 g/mol. The van der Waals surface area contributed by atoms with Gasteiger partial charge in [0, 0.05) is 4.47 Å². The number of aliphatic carboxylic acids is 1. The van der Waals surface area contributed by atoms with Crippen LogP contribution in [-0.2, 0) is 9.59 Å². The summed E-state index contributed by atoms with van der Waals surface area (Å²) in [6.07, 6.45) is 0.880. The van der Waals surface area contributed by atoms with Gasteiger partial charge in [0.1, 0.15) is 11.3 Å². The van der Waals surface area contributed by atoms with Crippen LogP contribution in [0.5, 0.6) is 5.75 Å². The first-order valence-electron chi connectivity index (χ1n) is 6.52. The van der Waals surface area contributed by atoms with E-state index in [9.17, 15) is 14.7 Å². The van der Waals surface area contributed by atoms with E-state index in [0.717, 1.165) is 16.0 Å². The molecule has 0 bridgehead atoms. The number of rotatable bonds is 5. The first-order valence-corrected chi connectivity index (χ1v) is 8.47. The number of thioether (sulfide) groups is 1. The van der Waals surface area contributed by atoms with Crippen molar-refractivity contribution in [2.75, 3.05) is 18.1 Å². The molecule has 1 aromatic rings. The van der Waals surface area contributed by atoms with Crippen LogP contribution in [0.1, 0.15) is 12.8 Å². The minimum absolute atomic E-state index is 0.196. The summed E-state index contributed by atoms with van der Waals surface area (Å²) < 4.78 is 6.23. The third-order valence-electron chi connectivity index (χ3n) is 3.30. The SMILES string of the molecule is O=C(COc1cccc(Br)c1)NC1(C(=O)O)CCSCC1. The number of hydrogen-bond acceptors (Lipinski definition) is 4. The lowest BCUT2D eigenvalue weighted by molar-refractivity contribution is -0.148. The number of nitrogens with one attached hydrogen (secondary N) is 1. The Morgan fingerprint density at radius 3 is 2.71 bits per heavy atom. The Labute approximate surface area is 135 Å². The third-order valence-corrected chi connectivity index (χ3v) is 4.78. The van der Waals surface area contributed by atoms with Gasteiger partial charge < -0.3 is 15.2 Å². The van der Waals surface area contributed by atoms with Crippen LogP contribution in [0.3, 0.4) is 0 Å². The lowest BCUT2D eigenvalue weighted by atomic mass is 9.92. The highest BCUT2D eigenvalue weighted by atomic mass is 79.9. The standard InChI is InChI=1S/C14H16BrNO4S/c15-10-2-1-3-11(8-10)20-9-12(17)16-14(13(18)19)4-6-21-7-5-14/h1-3,8H,4-7,9H2,(H,16,17)(H,18,19). The molecule has 0 unspecified atom stereocenters. The molecule has 1 aliphatic rings. The number of carboxylic acids is 1. The van der Waals surface area contributed by atoms with E-state index < -0.39 is 17.4 Å². The molecule has 1 saturated heterocycles. The van der Waals surface area contributed by atoms with Gasteiger partial charge >= 0.3 is 5.97 Å². The molecule has 1 aliphatic heterocycles. The highest BCUT2D eigenvalue weighted by molar-refractivity contribution is 9.10. The van der Waals surface area contributed by atoms with Gasteiger partial charge in [0.25, 0.3) is 5.91 Å². The number of benzene rings is 1. The van der Waals surface area contributed by atoms with Crippen LogP contribution in [-0.4, -0.2) is 40.6 Å². The summed E-state index contributed by atoms with van der Waals surface area (Å²) in [5, 5.41) is 12.0. The number of carbonyl (C=O) groups excluding carboxylic acids is 1. The molecule has 2 N–H and O–H groups in total. The molecule has 5 nitrogen and oxygen atoms in total. The molecule has 0 saturated carbocycles. The number of carbonyl (C=O) groups is 2. The molecule has 1 aromatic carbocycles. The minimum Gasteiger partial charge on any atom is -0.484 e. The van der Waals surface area contributed by atoms with E-state index in [-0.39, 0.29) is 6.61 Å². The van der Waals surface area contributed by atoms with E-state index in [4.69, 9.17) is 4.74 Å². The number of carboxylic acid groups (broad SMARTS) is 1. The van der Waals surface area contributed by atoms with Gasteiger partial charge in [-0.3, -0.25) is 4.79 Å². The number of hydrogen-bond donors (Lipinski definition) is 2. The minimum atomic E-state index is -1.15. The Balaban J connectivity index is 1.92. The zero-order chi connectivity index (χ0) is 15.3. The summed E-state index contributed by atoms with van der Waals surface area (Å²) >= 11 is 5.02. The molecular formula is C14H16BrNO4S. The van der Waals surface area contributed by atoms with E-state index in [2.05, 4.69) is 21.2 Å². The van der Waals surface area contributed by atoms with Crippen LogP contribution in [0.2, 0.25) is 0 Å². The molecule has 0 aliphatic carbocycles. The normalized spacial score (nSPS) is 17.0. The molecule has 1 amide bonds. The molecule has 114 valence electrons. The Morgan fingerprint density at radius 1 is 1.38 bits per heavy atom. The maximum Gasteiger partial charge on any atom is 0.329 e. The van der Waals surface area contributed by atoms with Crippen molar-refractivity contribution in [3.63, 3.8) is 0 Å². The monoisotopic (exact) mass is 373 g/mol. The number of ether oxygens (including phenoxy) is 1. The van der Waals surface area contributed by atoms with Crippen molar-refractivity contribution >= 4 is 39.6 Å². The van der Waals surface area contributed by atoms with Crippen LogP contribution in [0.15, 0.2) is 28.7 Å². The van der Waals surface area contributed by atoms with E-state index in [0.29, 0.717) is 18.6 Å². The van der Waals surface area contributed by atoms with E-state index in [1.54, 1.807) is 30.0 Å². The smallest absolute Gasteiger partial charge is 0.329 e.